The highest BCUT2D eigenvalue weighted by atomic mass is 32.2. The number of carbonyl (C=O) groups excluding carboxylic acids is 1. The Morgan fingerprint density at radius 2 is 2.00 bits per heavy atom. The molecule has 0 aliphatic carbocycles. The molecule has 8 heteroatoms. The minimum absolute atomic E-state index is 0.116. The molecule has 0 saturated heterocycles. The second-order valence-corrected chi connectivity index (χ2v) is 5.47. The molecular formula is C14H14F3N3OS. The fourth-order valence-electron chi connectivity index (χ4n) is 1.78. The zero-order valence-electron chi connectivity index (χ0n) is 11.7. The summed E-state index contributed by atoms with van der Waals surface area (Å²) in [4.78, 5) is 15.6. The van der Waals surface area contributed by atoms with Crippen LogP contribution in [0.4, 0.5) is 13.2 Å². The van der Waals surface area contributed by atoms with Crippen LogP contribution in [0, 0.1) is 0 Å². The van der Waals surface area contributed by atoms with E-state index in [1.807, 2.05) is 35.6 Å². The van der Waals surface area contributed by atoms with Crippen molar-refractivity contribution < 1.29 is 18.0 Å². The SMILES string of the molecule is Cn1c(-c2ccccc2)cnc1SCC(=O)NCC(F)(F)F. The third-order valence-electron chi connectivity index (χ3n) is 2.83. The van der Waals surface area contributed by atoms with Gasteiger partial charge >= 0.3 is 6.18 Å². The quantitative estimate of drug-likeness (QED) is 0.858. The maximum absolute atomic E-state index is 12.0. The van der Waals surface area contributed by atoms with E-state index in [1.54, 1.807) is 17.8 Å². The Labute approximate surface area is 129 Å². The highest BCUT2D eigenvalue weighted by Crippen LogP contribution is 2.24. The van der Waals surface area contributed by atoms with E-state index in [0.29, 0.717) is 5.16 Å². The van der Waals surface area contributed by atoms with E-state index in [1.165, 1.54) is 0 Å². The number of hydrogen-bond acceptors (Lipinski definition) is 3. The Kier molecular flexibility index (Phi) is 5.12. The molecule has 1 aromatic carbocycles. The average molecular weight is 329 g/mol. The highest BCUT2D eigenvalue weighted by molar-refractivity contribution is 7.99. The first-order chi connectivity index (χ1) is 10.4. The predicted molar refractivity (Wildman–Crippen MR) is 78.4 cm³/mol. The van der Waals surface area contributed by atoms with Crippen LogP contribution in [-0.4, -0.2) is 33.9 Å². The average Bonchev–Trinajstić information content (AvgIpc) is 2.84. The molecule has 0 spiro atoms. The zero-order valence-corrected chi connectivity index (χ0v) is 12.5. The van der Waals surface area contributed by atoms with E-state index in [4.69, 9.17) is 0 Å². The van der Waals surface area contributed by atoms with Crippen molar-refractivity contribution in [3.05, 3.63) is 36.5 Å². The maximum Gasteiger partial charge on any atom is 0.405 e. The number of imidazole rings is 1. The van der Waals surface area contributed by atoms with Crippen molar-refractivity contribution in [2.45, 2.75) is 11.3 Å². The molecule has 2 rings (SSSR count). The minimum Gasteiger partial charge on any atom is -0.346 e. The number of aromatic nitrogens is 2. The summed E-state index contributed by atoms with van der Waals surface area (Å²) in [6, 6.07) is 9.57. The van der Waals surface area contributed by atoms with Crippen LogP contribution in [-0.2, 0) is 11.8 Å². The van der Waals surface area contributed by atoms with E-state index in [-0.39, 0.29) is 5.75 Å². The summed E-state index contributed by atoms with van der Waals surface area (Å²) in [7, 11) is 1.80. The number of nitrogens with zero attached hydrogens (tertiary/aromatic N) is 2. The maximum atomic E-state index is 12.0. The monoisotopic (exact) mass is 329 g/mol. The number of hydrogen-bond donors (Lipinski definition) is 1. The molecule has 0 fully saturated rings. The van der Waals surface area contributed by atoms with Gasteiger partial charge in [-0.15, -0.1) is 0 Å². The molecule has 1 heterocycles. The van der Waals surface area contributed by atoms with Crippen LogP contribution < -0.4 is 5.32 Å². The Bertz CT molecular complexity index is 641. The fourth-order valence-corrected chi connectivity index (χ4v) is 2.57. The molecule has 2 aromatic rings. The number of halogens is 3. The van der Waals surface area contributed by atoms with Gasteiger partial charge in [-0.05, 0) is 5.56 Å². The van der Waals surface area contributed by atoms with E-state index in [9.17, 15) is 18.0 Å². The molecule has 1 aromatic heterocycles. The van der Waals surface area contributed by atoms with Crippen LogP contribution in [0.2, 0.25) is 0 Å². The second kappa shape index (κ2) is 6.87. The van der Waals surface area contributed by atoms with Gasteiger partial charge < -0.3 is 9.88 Å². The molecule has 1 amide bonds. The molecule has 22 heavy (non-hydrogen) atoms. The number of rotatable bonds is 5. The molecule has 0 radical (unpaired) electrons. The van der Waals surface area contributed by atoms with E-state index in [0.717, 1.165) is 23.0 Å². The van der Waals surface area contributed by atoms with Crippen molar-refractivity contribution in [1.29, 1.82) is 0 Å². The lowest BCUT2D eigenvalue weighted by molar-refractivity contribution is -0.136. The summed E-state index contributed by atoms with van der Waals surface area (Å²) >= 11 is 1.09. The normalized spacial score (nSPS) is 11.5. The summed E-state index contributed by atoms with van der Waals surface area (Å²) in [6.07, 6.45) is -2.73. The molecule has 0 unspecified atom stereocenters. The van der Waals surface area contributed by atoms with Crippen molar-refractivity contribution in [3.8, 4) is 11.3 Å². The van der Waals surface area contributed by atoms with Gasteiger partial charge in [-0.25, -0.2) is 4.98 Å². The Hall–Kier alpha value is -1.96. The van der Waals surface area contributed by atoms with Crippen LogP contribution in [0.3, 0.4) is 0 Å². The molecule has 118 valence electrons. The van der Waals surface area contributed by atoms with Gasteiger partial charge in [-0.1, -0.05) is 42.1 Å². The lowest BCUT2D eigenvalue weighted by Gasteiger charge is -2.08. The number of amides is 1. The number of alkyl halides is 3. The van der Waals surface area contributed by atoms with Gasteiger partial charge in [0, 0.05) is 7.05 Å². The first-order valence-electron chi connectivity index (χ1n) is 6.40. The van der Waals surface area contributed by atoms with E-state index >= 15 is 0 Å². The lowest BCUT2D eigenvalue weighted by Crippen LogP contribution is -2.34. The van der Waals surface area contributed by atoms with Crippen LogP contribution in [0.5, 0.6) is 0 Å². The summed E-state index contributed by atoms with van der Waals surface area (Å²) in [6.45, 7) is -1.32. The summed E-state index contributed by atoms with van der Waals surface area (Å²) in [5.41, 5.74) is 1.85. The lowest BCUT2D eigenvalue weighted by atomic mass is 10.2. The topological polar surface area (TPSA) is 46.9 Å². The summed E-state index contributed by atoms with van der Waals surface area (Å²) < 4.78 is 37.8. The Morgan fingerprint density at radius 3 is 2.64 bits per heavy atom. The molecular weight excluding hydrogens is 315 g/mol. The first-order valence-corrected chi connectivity index (χ1v) is 7.39. The van der Waals surface area contributed by atoms with Gasteiger partial charge in [-0.3, -0.25) is 4.79 Å². The number of thioether (sulfide) groups is 1. The van der Waals surface area contributed by atoms with Gasteiger partial charge in [0.1, 0.15) is 6.54 Å². The molecule has 0 saturated carbocycles. The van der Waals surface area contributed by atoms with Crippen molar-refractivity contribution in [2.75, 3.05) is 12.3 Å². The number of benzene rings is 1. The third kappa shape index (κ3) is 4.52. The largest absolute Gasteiger partial charge is 0.405 e. The van der Waals surface area contributed by atoms with Crippen LogP contribution in [0.15, 0.2) is 41.7 Å². The molecule has 0 aliphatic rings. The fraction of sp³-hybridized carbons (Fsp3) is 0.286. The van der Waals surface area contributed by atoms with E-state index in [2.05, 4.69) is 4.98 Å². The highest BCUT2D eigenvalue weighted by Gasteiger charge is 2.27. The molecule has 4 nitrogen and oxygen atoms in total. The van der Waals surface area contributed by atoms with Crippen LogP contribution in [0.25, 0.3) is 11.3 Å². The predicted octanol–water partition coefficient (Wildman–Crippen LogP) is 2.86. The molecule has 1 N–H and O–H groups in total. The van der Waals surface area contributed by atoms with Gasteiger partial charge in [0.2, 0.25) is 5.91 Å². The van der Waals surface area contributed by atoms with Crippen LogP contribution in [0.1, 0.15) is 0 Å². The standard InChI is InChI=1S/C14H14F3N3OS/c1-20-11(10-5-3-2-4-6-10)7-18-13(20)22-8-12(21)19-9-14(15,16)17/h2-7H,8-9H2,1H3,(H,19,21). The number of nitrogens with one attached hydrogen (secondary N) is 1. The second-order valence-electron chi connectivity index (χ2n) is 4.53. The van der Waals surface area contributed by atoms with Gasteiger partial charge in [0.05, 0.1) is 17.6 Å². The van der Waals surface area contributed by atoms with Crippen molar-refractivity contribution in [3.63, 3.8) is 0 Å². The smallest absolute Gasteiger partial charge is 0.346 e. The molecule has 0 aliphatic heterocycles. The molecule has 0 bridgehead atoms. The van der Waals surface area contributed by atoms with Gasteiger partial charge in [-0.2, -0.15) is 13.2 Å². The van der Waals surface area contributed by atoms with Crippen molar-refractivity contribution in [1.82, 2.24) is 14.9 Å². The zero-order chi connectivity index (χ0) is 16.2. The van der Waals surface area contributed by atoms with Crippen molar-refractivity contribution in [2.24, 2.45) is 7.05 Å². The van der Waals surface area contributed by atoms with E-state index < -0.39 is 18.6 Å². The van der Waals surface area contributed by atoms with Crippen LogP contribution >= 0.6 is 11.8 Å². The number of carbonyl (C=O) groups is 1. The molecule has 0 atom stereocenters. The van der Waals surface area contributed by atoms with Gasteiger partial charge in [0.15, 0.2) is 5.16 Å². The summed E-state index contributed by atoms with van der Waals surface area (Å²) in [5.74, 6) is -0.790. The Morgan fingerprint density at radius 1 is 1.32 bits per heavy atom. The summed E-state index contributed by atoms with van der Waals surface area (Å²) in [5, 5.41) is 2.40. The third-order valence-corrected chi connectivity index (χ3v) is 3.88. The Balaban J connectivity index is 1.95. The first kappa shape index (κ1) is 16.4. The minimum atomic E-state index is -4.40. The van der Waals surface area contributed by atoms with Crippen molar-refractivity contribution >= 4 is 17.7 Å². The van der Waals surface area contributed by atoms with Gasteiger partial charge in [0.25, 0.3) is 0 Å².